The van der Waals surface area contributed by atoms with Crippen LogP contribution in [-0.4, -0.2) is 41.6 Å². The van der Waals surface area contributed by atoms with Gasteiger partial charge < -0.3 is 13.8 Å². The van der Waals surface area contributed by atoms with Gasteiger partial charge in [0, 0.05) is 12.7 Å². The van der Waals surface area contributed by atoms with Crippen molar-refractivity contribution < 1.29 is 9.26 Å². The second kappa shape index (κ2) is 5.85. The first kappa shape index (κ1) is 15.9. The lowest BCUT2D eigenvalue weighted by atomic mass is 10.1. The Balaban J connectivity index is 1.79. The van der Waals surface area contributed by atoms with Crippen molar-refractivity contribution in [2.45, 2.75) is 27.0 Å². The first-order chi connectivity index (χ1) is 13.2. The highest BCUT2D eigenvalue weighted by Gasteiger charge is 2.27. The fraction of sp³-hybridized carbons (Fsp3) is 0.278. The van der Waals surface area contributed by atoms with E-state index in [9.17, 15) is 0 Å². The van der Waals surface area contributed by atoms with Gasteiger partial charge in [0.25, 0.3) is 5.89 Å². The number of imidazole rings is 1. The Bertz CT molecular complexity index is 1150. The number of nitrogens with zero attached hydrogens (tertiary/aromatic N) is 7. The van der Waals surface area contributed by atoms with Crippen molar-refractivity contribution >= 4 is 0 Å². The summed E-state index contributed by atoms with van der Waals surface area (Å²) >= 11 is 0. The molecular formula is C18H17N7O2. The maximum Gasteiger partial charge on any atom is 0.278 e. The van der Waals surface area contributed by atoms with E-state index in [-0.39, 0.29) is 0 Å². The first-order valence-corrected chi connectivity index (χ1v) is 8.55. The van der Waals surface area contributed by atoms with Crippen molar-refractivity contribution in [3.63, 3.8) is 0 Å². The molecule has 0 N–H and O–H groups in total. The molecule has 0 fully saturated rings. The smallest absolute Gasteiger partial charge is 0.278 e. The summed E-state index contributed by atoms with van der Waals surface area (Å²) in [6.45, 7) is 4.74. The lowest BCUT2D eigenvalue weighted by Crippen LogP contribution is -2.09. The average Bonchev–Trinajstić information content (AvgIpc) is 3.34. The van der Waals surface area contributed by atoms with E-state index in [4.69, 9.17) is 9.26 Å². The lowest BCUT2D eigenvalue weighted by Gasteiger charge is -2.09. The summed E-state index contributed by atoms with van der Waals surface area (Å²) in [6, 6.07) is 6.25. The van der Waals surface area contributed by atoms with E-state index in [2.05, 4.69) is 59.6 Å². The number of fused-ring (bicyclic) bond motifs is 5. The number of aromatic nitrogens is 7. The van der Waals surface area contributed by atoms with Crippen LogP contribution in [-0.2, 0) is 17.9 Å². The zero-order valence-electron chi connectivity index (χ0n) is 15.2. The molecule has 0 aliphatic carbocycles. The minimum absolute atomic E-state index is 0.372. The Hall–Kier alpha value is -3.33. The van der Waals surface area contributed by atoms with Gasteiger partial charge in [-0.2, -0.15) is 4.98 Å². The topological polar surface area (TPSA) is 96.7 Å². The summed E-state index contributed by atoms with van der Waals surface area (Å²) in [4.78, 5) is 8.90. The molecule has 1 aliphatic heterocycles. The van der Waals surface area contributed by atoms with E-state index < -0.39 is 0 Å². The van der Waals surface area contributed by atoms with E-state index in [1.54, 1.807) is 20.4 Å². The minimum Gasteiger partial charge on any atom is -0.377 e. The second-order valence-corrected chi connectivity index (χ2v) is 6.54. The summed E-state index contributed by atoms with van der Waals surface area (Å²) in [5.74, 6) is 2.53. The first-order valence-electron chi connectivity index (χ1n) is 8.55. The van der Waals surface area contributed by atoms with Crippen LogP contribution < -0.4 is 0 Å². The zero-order chi connectivity index (χ0) is 18.5. The van der Waals surface area contributed by atoms with Crippen LogP contribution in [0.15, 0.2) is 29.0 Å². The van der Waals surface area contributed by atoms with Gasteiger partial charge in [0.2, 0.25) is 0 Å². The van der Waals surface area contributed by atoms with Crippen LogP contribution in [0.1, 0.15) is 22.9 Å². The molecule has 0 amide bonds. The third-order valence-corrected chi connectivity index (χ3v) is 4.66. The van der Waals surface area contributed by atoms with Crippen LogP contribution >= 0.6 is 0 Å². The number of benzene rings is 1. The van der Waals surface area contributed by atoms with Gasteiger partial charge in [-0.05, 0) is 26.0 Å². The normalized spacial score (nSPS) is 12.4. The molecule has 0 spiro atoms. The molecular weight excluding hydrogens is 346 g/mol. The second-order valence-electron chi connectivity index (χ2n) is 6.54. The van der Waals surface area contributed by atoms with Crippen molar-refractivity contribution in [3.05, 3.63) is 47.4 Å². The number of hydrogen-bond acceptors (Lipinski definition) is 7. The Labute approximate surface area is 154 Å². The maximum atomic E-state index is 5.37. The molecule has 136 valence electrons. The highest BCUT2D eigenvalue weighted by Crippen LogP contribution is 2.35. The van der Waals surface area contributed by atoms with Crippen LogP contribution in [0.3, 0.4) is 0 Å². The summed E-state index contributed by atoms with van der Waals surface area (Å²) < 4.78 is 14.8. The molecule has 1 aromatic carbocycles. The van der Waals surface area contributed by atoms with E-state index >= 15 is 0 Å². The zero-order valence-corrected chi connectivity index (χ0v) is 15.2. The summed E-state index contributed by atoms with van der Waals surface area (Å²) in [5, 5.41) is 12.7. The molecule has 0 bridgehead atoms. The van der Waals surface area contributed by atoms with Gasteiger partial charge in [0.1, 0.15) is 12.9 Å². The van der Waals surface area contributed by atoms with Crippen molar-refractivity contribution in [2.24, 2.45) is 0 Å². The average molecular weight is 363 g/mol. The fourth-order valence-corrected chi connectivity index (χ4v) is 3.43. The van der Waals surface area contributed by atoms with Gasteiger partial charge in [-0.3, -0.25) is 4.57 Å². The molecule has 0 radical (unpaired) electrons. The Morgan fingerprint density at radius 3 is 2.89 bits per heavy atom. The molecule has 0 atom stereocenters. The number of hydrogen-bond donors (Lipinski definition) is 0. The van der Waals surface area contributed by atoms with Gasteiger partial charge in [0.05, 0.1) is 17.9 Å². The highest BCUT2D eigenvalue weighted by molar-refractivity contribution is 5.71. The SMILES string of the molecule is COCc1nnc2n1Cc1c(-c3nc(C)no3)ncn1-c1ccc(C)cc1-2. The molecule has 5 rings (SSSR count). The monoisotopic (exact) mass is 363 g/mol. The number of methoxy groups -OCH3 is 1. The molecule has 27 heavy (non-hydrogen) atoms. The van der Waals surface area contributed by atoms with Gasteiger partial charge in [0.15, 0.2) is 23.2 Å². The number of aryl methyl sites for hydroxylation is 2. The molecule has 3 aromatic heterocycles. The third-order valence-electron chi connectivity index (χ3n) is 4.66. The Morgan fingerprint density at radius 2 is 2.11 bits per heavy atom. The molecule has 0 unspecified atom stereocenters. The number of ether oxygens (including phenoxy) is 1. The predicted octanol–water partition coefficient (Wildman–Crippen LogP) is 2.31. The quantitative estimate of drug-likeness (QED) is 0.485. The number of rotatable bonds is 3. The molecule has 4 heterocycles. The van der Waals surface area contributed by atoms with Crippen molar-refractivity contribution in [1.29, 1.82) is 0 Å². The van der Waals surface area contributed by atoms with Gasteiger partial charge in [-0.25, -0.2) is 4.98 Å². The minimum atomic E-state index is 0.372. The van der Waals surface area contributed by atoms with Gasteiger partial charge >= 0.3 is 0 Å². The van der Waals surface area contributed by atoms with Crippen LogP contribution in [0.5, 0.6) is 0 Å². The molecule has 1 aliphatic rings. The van der Waals surface area contributed by atoms with E-state index in [0.29, 0.717) is 30.6 Å². The van der Waals surface area contributed by atoms with E-state index in [0.717, 1.165) is 34.2 Å². The van der Waals surface area contributed by atoms with Crippen LogP contribution in [0.4, 0.5) is 0 Å². The lowest BCUT2D eigenvalue weighted by molar-refractivity contribution is 0.174. The highest BCUT2D eigenvalue weighted by atomic mass is 16.5. The summed E-state index contributed by atoms with van der Waals surface area (Å²) in [7, 11) is 1.65. The van der Waals surface area contributed by atoms with Crippen molar-refractivity contribution in [1.82, 2.24) is 34.5 Å². The van der Waals surface area contributed by atoms with Crippen LogP contribution in [0.25, 0.3) is 28.7 Å². The maximum absolute atomic E-state index is 5.37. The molecule has 9 heteroatoms. The molecule has 0 saturated heterocycles. The summed E-state index contributed by atoms with van der Waals surface area (Å²) in [6.07, 6.45) is 1.79. The largest absolute Gasteiger partial charge is 0.377 e. The Morgan fingerprint density at radius 1 is 1.22 bits per heavy atom. The van der Waals surface area contributed by atoms with Crippen molar-refractivity contribution in [3.8, 4) is 28.7 Å². The van der Waals surface area contributed by atoms with Gasteiger partial charge in [-0.15, -0.1) is 10.2 Å². The Kier molecular flexibility index (Phi) is 3.44. The standard InChI is InChI=1S/C18H17N7O2/c1-10-4-5-13-12(6-10)17-22-21-15(8-26-3)24(17)7-14-16(19-9-25(13)14)18-20-11(2)23-27-18/h4-6,9H,7-8H2,1-3H3. The third kappa shape index (κ3) is 2.39. The summed E-state index contributed by atoms with van der Waals surface area (Å²) in [5.41, 5.74) is 4.72. The van der Waals surface area contributed by atoms with Crippen LogP contribution in [0.2, 0.25) is 0 Å². The van der Waals surface area contributed by atoms with E-state index in [1.165, 1.54) is 0 Å². The molecule has 4 aromatic rings. The molecule has 9 nitrogen and oxygen atoms in total. The molecule has 0 saturated carbocycles. The van der Waals surface area contributed by atoms with E-state index in [1.807, 2.05) is 0 Å². The van der Waals surface area contributed by atoms with Crippen molar-refractivity contribution in [2.75, 3.05) is 7.11 Å². The predicted molar refractivity (Wildman–Crippen MR) is 95.2 cm³/mol. The van der Waals surface area contributed by atoms with Gasteiger partial charge in [-0.1, -0.05) is 16.8 Å². The van der Waals surface area contributed by atoms with Crippen LogP contribution in [0, 0.1) is 13.8 Å². The fourth-order valence-electron chi connectivity index (χ4n) is 3.43.